The zero-order chi connectivity index (χ0) is 19.0. The van der Waals surface area contributed by atoms with Crippen LogP contribution in [-0.4, -0.2) is 10.2 Å². The number of nitrogens with two attached hydrogens (primary N) is 2. The minimum absolute atomic E-state index is 0.0998. The van der Waals surface area contributed by atoms with Crippen LogP contribution in [0.4, 0.5) is 11.4 Å². The third-order valence-corrected chi connectivity index (χ3v) is 7.63. The van der Waals surface area contributed by atoms with Gasteiger partial charge >= 0.3 is 0 Å². The van der Waals surface area contributed by atoms with Crippen molar-refractivity contribution in [3.63, 3.8) is 0 Å². The van der Waals surface area contributed by atoms with Gasteiger partial charge in [-0.15, -0.1) is 0 Å². The largest absolute Gasteiger partial charge is 0.506 e. The molecule has 4 nitrogen and oxygen atoms in total. The summed E-state index contributed by atoms with van der Waals surface area (Å²) < 4.78 is 0. The normalized spacial score (nSPS) is 36.9. The summed E-state index contributed by atoms with van der Waals surface area (Å²) in [7, 11) is 0. The summed E-state index contributed by atoms with van der Waals surface area (Å²) >= 11 is 0. The quantitative estimate of drug-likeness (QED) is 0.468. The van der Waals surface area contributed by atoms with Crippen LogP contribution in [0.15, 0.2) is 36.4 Å². The highest BCUT2D eigenvalue weighted by Gasteiger charge is 2.62. The van der Waals surface area contributed by atoms with Gasteiger partial charge in [-0.1, -0.05) is 19.1 Å². The van der Waals surface area contributed by atoms with E-state index in [-0.39, 0.29) is 22.3 Å². The fourth-order valence-corrected chi connectivity index (χ4v) is 7.33. The first kappa shape index (κ1) is 16.8. The Morgan fingerprint density at radius 2 is 1.26 bits per heavy atom. The number of hydrogen-bond donors (Lipinski definition) is 4. The SMILES string of the molecule is CC12CC3CC(c4ccc(O)c(N)c4)(C1)CC(c1ccc(O)c(N)c1)(C3)C2. The van der Waals surface area contributed by atoms with Gasteiger partial charge in [0.2, 0.25) is 0 Å². The molecular weight excluding hydrogens is 336 g/mol. The van der Waals surface area contributed by atoms with Crippen molar-refractivity contribution in [1.29, 1.82) is 0 Å². The molecule has 4 heteroatoms. The number of benzene rings is 2. The van der Waals surface area contributed by atoms with Gasteiger partial charge in [-0.3, -0.25) is 0 Å². The lowest BCUT2D eigenvalue weighted by molar-refractivity contribution is -0.0807. The number of hydrogen-bond acceptors (Lipinski definition) is 4. The minimum atomic E-state index is 0.0998. The molecule has 0 spiro atoms. The molecule has 0 heterocycles. The number of aromatic hydroxyl groups is 2. The lowest BCUT2D eigenvalue weighted by Crippen LogP contribution is -2.59. The van der Waals surface area contributed by atoms with Crippen LogP contribution < -0.4 is 11.5 Å². The highest BCUT2D eigenvalue weighted by molar-refractivity contribution is 5.57. The first-order chi connectivity index (χ1) is 12.7. The lowest BCUT2D eigenvalue weighted by atomic mass is 9.38. The fourth-order valence-electron chi connectivity index (χ4n) is 7.33. The molecule has 4 saturated carbocycles. The van der Waals surface area contributed by atoms with Crippen molar-refractivity contribution in [1.82, 2.24) is 0 Å². The van der Waals surface area contributed by atoms with E-state index in [1.807, 2.05) is 12.1 Å². The summed E-state index contributed by atoms with van der Waals surface area (Å²) in [6.45, 7) is 2.44. The molecule has 142 valence electrons. The van der Waals surface area contributed by atoms with E-state index >= 15 is 0 Å². The van der Waals surface area contributed by atoms with Crippen molar-refractivity contribution < 1.29 is 10.2 Å². The van der Waals surface area contributed by atoms with E-state index in [0.717, 1.165) is 6.42 Å². The molecule has 0 amide bonds. The molecule has 6 N–H and O–H groups in total. The van der Waals surface area contributed by atoms with E-state index in [9.17, 15) is 10.2 Å². The summed E-state index contributed by atoms with van der Waals surface area (Å²) in [5, 5.41) is 19.8. The predicted molar refractivity (Wildman–Crippen MR) is 108 cm³/mol. The first-order valence-corrected chi connectivity index (χ1v) is 9.91. The van der Waals surface area contributed by atoms with Crippen LogP contribution in [0.1, 0.15) is 56.6 Å². The summed E-state index contributed by atoms with van der Waals surface area (Å²) in [5.41, 5.74) is 16.1. The molecule has 2 aromatic rings. The molecule has 2 atom stereocenters. The Kier molecular flexibility index (Phi) is 3.18. The van der Waals surface area contributed by atoms with Crippen LogP contribution >= 0.6 is 0 Å². The third-order valence-electron chi connectivity index (χ3n) is 7.63. The Morgan fingerprint density at radius 1 is 0.778 bits per heavy atom. The number of phenols is 2. The van der Waals surface area contributed by atoms with Crippen molar-refractivity contribution >= 4 is 11.4 Å². The second-order valence-electron chi connectivity index (χ2n) is 9.93. The third kappa shape index (κ3) is 2.35. The van der Waals surface area contributed by atoms with Crippen molar-refractivity contribution in [2.45, 2.75) is 56.3 Å². The average molecular weight is 364 g/mol. The van der Waals surface area contributed by atoms with Crippen LogP contribution in [0, 0.1) is 11.3 Å². The number of phenolic OH excluding ortho intramolecular Hbond substituents is 2. The highest BCUT2D eigenvalue weighted by Crippen LogP contribution is 2.70. The van der Waals surface area contributed by atoms with Crippen LogP contribution in [-0.2, 0) is 10.8 Å². The maximum atomic E-state index is 9.90. The topological polar surface area (TPSA) is 92.5 Å². The molecule has 4 fully saturated rings. The van der Waals surface area contributed by atoms with E-state index in [0.29, 0.717) is 22.7 Å². The van der Waals surface area contributed by atoms with Gasteiger partial charge in [-0.05, 0) is 96.1 Å². The van der Waals surface area contributed by atoms with Crippen molar-refractivity contribution in [3.8, 4) is 11.5 Å². The molecule has 2 unspecified atom stereocenters. The molecular formula is C23H28N2O2. The molecule has 0 aromatic heterocycles. The Labute approximate surface area is 160 Å². The summed E-state index contributed by atoms with van der Waals surface area (Å²) in [4.78, 5) is 0. The molecule has 0 radical (unpaired) electrons. The molecule has 0 saturated heterocycles. The molecule has 2 aromatic carbocycles. The van der Waals surface area contributed by atoms with Gasteiger partial charge in [-0.25, -0.2) is 0 Å². The van der Waals surface area contributed by atoms with Crippen LogP contribution in [0.3, 0.4) is 0 Å². The summed E-state index contributed by atoms with van der Waals surface area (Å²) in [6, 6.07) is 11.6. The van der Waals surface area contributed by atoms with E-state index < -0.39 is 0 Å². The second kappa shape index (κ2) is 5.12. The van der Waals surface area contributed by atoms with E-state index in [2.05, 4.69) is 19.1 Å². The standard InChI is InChI=1S/C23H28N2O2/c1-21-8-14-9-22(11-21,15-2-4-19(26)17(24)6-15)13-23(10-14,12-21)16-3-5-20(27)18(25)7-16/h2-7,14,26-27H,8-13,24-25H2,1H3. The fraction of sp³-hybridized carbons (Fsp3) is 0.478. The van der Waals surface area contributed by atoms with Crippen LogP contribution in [0.2, 0.25) is 0 Å². The van der Waals surface area contributed by atoms with E-state index in [1.54, 1.807) is 12.1 Å². The maximum absolute atomic E-state index is 9.90. The lowest BCUT2D eigenvalue weighted by Gasteiger charge is -2.66. The number of anilines is 2. The van der Waals surface area contributed by atoms with Gasteiger partial charge in [0.15, 0.2) is 0 Å². The molecule has 0 aliphatic heterocycles. The molecule has 27 heavy (non-hydrogen) atoms. The zero-order valence-corrected chi connectivity index (χ0v) is 15.8. The van der Waals surface area contributed by atoms with Crippen molar-refractivity contribution in [3.05, 3.63) is 47.5 Å². The highest BCUT2D eigenvalue weighted by atomic mass is 16.3. The molecule has 4 aliphatic rings. The second-order valence-corrected chi connectivity index (χ2v) is 9.93. The predicted octanol–water partition coefficient (Wildman–Crippen LogP) is 4.44. The van der Waals surface area contributed by atoms with Crippen molar-refractivity contribution in [2.24, 2.45) is 11.3 Å². The van der Waals surface area contributed by atoms with Gasteiger partial charge in [-0.2, -0.15) is 0 Å². The average Bonchev–Trinajstić information content (AvgIpc) is 2.57. The minimum Gasteiger partial charge on any atom is -0.506 e. The Hall–Kier alpha value is -2.36. The monoisotopic (exact) mass is 364 g/mol. The number of nitrogen functional groups attached to an aromatic ring is 2. The summed E-state index contributed by atoms with van der Waals surface area (Å²) in [5.74, 6) is 1.02. The van der Waals surface area contributed by atoms with E-state index in [4.69, 9.17) is 11.5 Å². The van der Waals surface area contributed by atoms with Gasteiger partial charge in [0.05, 0.1) is 11.4 Å². The van der Waals surface area contributed by atoms with Gasteiger partial charge < -0.3 is 21.7 Å². The van der Waals surface area contributed by atoms with Crippen LogP contribution in [0.5, 0.6) is 11.5 Å². The Morgan fingerprint density at radius 3 is 1.67 bits per heavy atom. The molecule has 4 bridgehead atoms. The van der Waals surface area contributed by atoms with Crippen molar-refractivity contribution in [2.75, 3.05) is 11.5 Å². The molecule has 4 aliphatic carbocycles. The maximum Gasteiger partial charge on any atom is 0.138 e. The first-order valence-electron chi connectivity index (χ1n) is 9.91. The van der Waals surface area contributed by atoms with E-state index in [1.165, 1.54) is 43.2 Å². The Balaban J connectivity index is 1.65. The van der Waals surface area contributed by atoms with Gasteiger partial charge in [0.25, 0.3) is 0 Å². The Bertz CT molecular complexity index is 870. The summed E-state index contributed by atoms with van der Waals surface area (Å²) in [6.07, 6.45) is 7.12. The number of rotatable bonds is 2. The van der Waals surface area contributed by atoms with Crippen LogP contribution in [0.25, 0.3) is 0 Å². The zero-order valence-electron chi connectivity index (χ0n) is 15.8. The smallest absolute Gasteiger partial charge is 0.138 e. The van der Waals surface area contributed by atoms with Gasteiger partial charge in [0.1, 0.15) is 11.5 Å². The van der Waals surface area contributed by atoms with Gasteiger partial charge in [0, 0.05) is 0 Å². The molecule has 6 rings (SSSR count).